The molecule has 0 amide bonds. The van der Waals surface area contributed by atoms with E-state index in [1.807, 2.05) is 12.1 Å². The minimum absolute atomic E-state index is 0.342. The van der Waals surface area contributed by atoms with E-state index in [9.17, 15) is 4.79 Å². The van der Waals surface area contributed by atoms with Crippen LogP contribution in [0.4, 0.5) is 5.69 Å². The average Bonchev–Trinajstić information content (AvgIpc) is 3.10. The maximum atomic E-state index is 12.5. The van der Waals surface area contributed by atoms with Gasteiger partial charge < -0.3 is 9.64 Å². The molecule has 3 heteroatoms. The number of methoxy groups -OCH3 is 1. The molecule has 1 aliphatic carbocycles. The number of hydrogen-bond acceptors (Lipinski definition) is 3. The number of hydrogen-bond donors (Lipinski definition) is 0. The lowest BCUT2D eigenvalue weighted by molar-refractivity contribution is -0.115. The van der Waals surface area contributed by atoms with Crippen LogP contribution in [-0.4, -0.2) is 25.5 Å². The molecule has 0 N–H and O–H groups in total. The van der Waals surface area contributed by atoms with Crippen molar-refractivity contribution in [2.24, 2.45) is 5.92 Å². The van der Waals surface area contributed by atoms with Gasteiger partial charge in [0.1, 0.15) is 5.75 Å². The predicted molar refractivity (Wildman–Crippen MR) is 98.7 cm³/mol. The number of para-hydroxylation sites is 2. The second-order valence-corrected chi connectivity index (χ2v) is 6.96. The highest BCUT2D eigenvalue weighted by Gasteiger charge is 2.44. The smallest absolute Gasteiger partial charge is 0.159 e. The molecule has 1 saturated heterocycles. The molecule has 0 saturated carbocycles. The summed E-state index contributed by atoms with van der Waals surface area (Å²) in [5.74, 6) is 1.74. The van der Waals surface area contributed by atoms with Crippen molar-refractivity contribution in [1.29, 1.82) is 0 Å². The molecule has 130 valence electrons. The second kappa shape index (κ2) is 7.42. The van der Waals surface area contributed by atoms with Gasteiger partial charge in [0.15, 0.2) is 5.78 Å². The maximum Gasteiger partial charge on any atom is 0.159 e. The van der Waals surface area contributed by atoms with Crippen LogP contribution in [0.3, 0.4) is 0 Å². The van der Waals surface area contributed by atoms with Crippen molar-refractivity contribution in [2.45, 2.75) is 58.4 Å². The fraction of sp³-hybridized carbons (Fsp3) is 0.571. The van der Waals surface area contributed by atoms with Crippen LogP contribution in [-0.2, 0) is 4.79 Å². The zero-order valence-corrected chi connectivity index (χ0v) is 15.2. The average molecular weight is 327 g/mol. The molecular formula is C21H29NO2. The first-order valence-corrected chi connectivity index (χ1v) is 9.37. The number of ether oxygens (including phenoxy) is 1. The van der Waals surface area contributed by atoms with Crippen LogP contribution >= 0.6 is 0 Å². The third kappa shape index (κ3) is 2.97. The maximum absolute atomic E-state index is 12.5. The first kappa shape index (κ1) is 17.1. The van der Waals surface area contributed by atoms with Gasteiger partial charge in [0.2, 0.25) is 0 Å². The van der Waals surface area contributed by atoms with Crippen LogP contribution in [0.1, 0.15) is 52.4 Å². The Morgan fingerprint density at radius 2 is 2.00 bits per heavy atom. The number of ketones is 1. The minimum Gasteiger partial charge on any atom is -0.495 e. The van der Waals surface area contributed by atoms with Gasteiger partial charge in [0.25, 0.3) is 0 Å². The Morgan fingerprint density at radius 3 is 2.71 bits per heavy atom. The van der Waals surface area contributed by atoms with E-state index in [4.69, 9.17) is 4.74 Å². The Kier molecular flexibility index (Phi) is 5.27. The lowest BCUT2D eigenvalue weighted by Gasteiger charge is -2.28. The van der Waals surface area contributed by atoms with Crippen molar-refractivity contribution < 1.29 is 9.53 Å². The van der Waals surface area contributed by atoms with E-state index in [0.717, 1.165) is 42.8 Å². The number of carbonyl (C=O) groups excluding carboxylic acids is 1. The number of nitrogens with zero attached hydrogens (tertiary/aromatic N) is 1. The van der Waals surface area contributed by atoms with E-state index in [-0.39, 0.29) is 0 Å². The summed E-state index contributed by atoms with van der Waals surface area (Å²) >= 11 is 0. The van der Waals surface area contributed by atoms with Crippen molar-refractivity contribution in [2.75, 3.05) is 18.6 Å². The minimum atomic E-state index is 0.342. The molecular weight excluding hydrogens is 298 g/mol. The van der Waals surface area contributed by atoms with E-state index >= 15 is 0 Å². The molecule has 1 aromatic rings. The van der Waals surface area contributed by atoms with Gasteiger partial charge >= 0.3 is 0 Å². The molecule has 1 heterocycles. The van der Waals surface area contributed by atoms with Gasteiger partial charge in [-0.05, 0) is 42.5 Å². The number of fused-ring (bicyclic) bond motifs is 1. The first-order valence-electron chi connectivity index (χ1n) is 9.37. The Morgan fingerprint density at radius 1 is 1.21 bits per heavy atom. The predicted octanol–water partition coefficient (Wildman–Crippen LogP) is 4.76. The Balaban J connectivity index is 1.92. The zero-order valence-electron chi connectivity index (χ0n) is 15.2. The topological polar surface area (TPSA) is 29.5 Å². The Labute approximate surface area is 145 Å². The summed E-state index contributed by atoms with van der Waals surface area (Å²) in [7, 11) is 1.73. The highest BCUT2D eigenvalue weighted by molar-refractivity contribution is 6.00. The van der Waals surface area contributed by atoms with Crippen LogP contribution in [0.15, 0.2) is 35.4 Å². The molecule has 0 aromatic heterocycles. The first-order chi connectivity index (χ1) is 11.7. The van der Waals surface area contributed by atoms with Crippen LogP contribution in [0.5, 0.6) is 5.75 Å². The van der Waals surface area contributed by atoms with Gasteiger partial charge in [-0.3, -0.25) is 4.79 Å². The van der Waals surface area contributed by atoms with Crippen LogP contribution < -0.4 is 9.64 Å². The molecule has 24 heavy (non-hydrogen) atoms. The summed E-state index contributed by atoms with van der Waals surface area (Å²) in [4.78, 5) is 15.0. The molecule has 1 aliphatic heterocycles. The fourth-order valence-corrected chi connectivity index (χ4v) is 4.44. The molecule has 2 aliphatic rings. The normalized spacial score (nSPS) is 23.1. The molecule has 3 rings (SSSR count). The van der Waals surface area contributed by atoms with Gasteiger partial charge in [-0.1, -0.05) is 38.8 Å². The van der Waals surface area contributed by atoms with E-state index in [1.165, 1.54) is 18.4 Å². The number of Topliss-reactive ketones (excluding diaryl/α,β-unsaturated/α-hetero) is 1. The number of rotatable bonds is 7. The highest BCUT2D eigenvalue weighted by atomic mass is 16.5. The summed E-state index contributed by atoms with van der Waals surface area (Å²) in [6, 6.07) is 8.59. The molecule has 2 atom stereocenters. The van der Waals surface area contributed by atoms with Crippen molar-refractivity contribution in [1.82, 2.24) is 0 Å². The summed E-state index contributed by atoms with van der Waals surface area (Å²) in [5, 5.41) is 0. The van der Waals surface area contributed by atoms with Crippen molar-refractivity contribution in [3.63, 3.8) is 0 Å². The third-order valence-corrected chi connectivity index (χ3v) is 5.52. The lowest BCUT2D eigenvalue weighted by atomic mass is 9.95. The van der Waals surface area contributed by atoms with Gasteiger partial charge in [-0.15, -0.1) is 0 Å². The molecule has 0 bridgehead atoms. The van der Waals surface area contributed by atoms with Gasteiger partial charge in [0.05, 0.1) is 18.8 Å². The molecule has 1 fully saturated rings. The third-order valence-electron chi connectivity index (χ3n) is 5.52. The summed E-state index contributed by atoms with van der Waals surface area (Å²) in [6.45, 7) is 5.39. The number of allylic oxidation sites excluding steroid dienone is 1. The van der Waals surface area contributed by atoms with E-state index in [0.29, 0.717) is 24.2 Å². The molecule has 0 spiro atoms. The number of carbonyl (C=O) groups is 1. The summed E-state index contributed by atoms with van der Waals surface area (Å²) < 4.78 is 5.58. The Hall–Kier alpha value is -1.77. The number of unbranched alkanes of at least 4 members (excludes halogenated alkanes) is 2. The SMILES string of the molecule is CCCCCC1=C2[C@H](CC1=O)CN(c1ccccc1OC)[C@H]2CC. The highest BCUT2D eigenvalue weighted by Crippen LogP contribution is 2.46. The lowest BCUT2D eigenvalue weighted by Crippen LogP contribution is -2.31. The quantitative estimate of drug-likeness (QED) is 0.676. The zero-order chi connectivity index (χ0) is 17.1. The van der Waals surface area contributed by atoms with Crippen molar-refractivity contribution in [3.8, 4) is 5.75 Å². The van der Waals surface area contributed by atoms with E-state index < -0.39 is 0 Å². The van der Waals surface area contributed by atoms with Crippen molar-refractivity contribution in [3.05, 3.63) is 35.4 Å². The molecule has 3 nitrogen and oxygen atoms in total. The Bertz CT molecular complexity index is 634. The summed E-state index contributed by atoms with van der Waals surface area (Å²) in [6.07, 6.45) is 6.26. The monoisotopic (exact) mass is 327 g/mol. The van der Waals surface area contributed by atoms with E-state index in [2.05, 4.69) is 30.9 Å². The van der Waals surface area contributed by atoms with Crippen LogP contribution in [0, 0.1) is 5.92 Å². The van der Waals surface area contributed by atoms with E-state index in [1.54, 1.807) is 7.11 Å². The second-order valence-electron chi connectivity index (χ2n) is 6.96. The largest absolute Gasteiger partial charge is 0.495 e. The van der Waals surface area contributed by atoms with Gasteiger partial charge in [0, 0.05) is 18.9 Å². The van der Waals surface area contributed by atoms with Gasteiger partial charge in [-0.25, -0.2) is 0 Å². The fourth-order valence-electron chi connectivity index (χ4n) is 4.44. The van der Waals surface area contributed by atoms with Crippen LogP contribution in [0.25, 0.3) is 0 Å². The number of anilines is 1. The van der Waals surface area contributed by atoms with Crippen molar-refractivity contribution >= 4 is 11.5 Å². The standard InChI is InChI=1S/C21H29NO2/c1-4-6-7-10-16-19(23)13-15-14-22(17(5-2)21(15)16)18-11-8-9-12-20(18)24-3/h8-9,11-12,15,17H,4-7,10,13-14H2,1-3H3/t15-,17+/m1/s1. The molecule has 0 radical (unpaired) electrons. The molecule has 1 aromatic carbocycles. The van der Waals surface area contributed by atoms with Gasteiger partial charge in [-0.2, -0.15) is 0 Å². The number of benzene rings is 1. The summed E-state index contributed by atoms with van der Waals surface area (Å²) in [5.41, 5.74) is 3.75. The van der Waals surface area contributed by atoms with Crippen LogP contribution in [0.2, 0.25) is 0 Å². The molecule has 0 unspecified atom stereocenters.